The molecule has 66 valence electrons. The third-order valence-electron chi connectivity index (χ3n) is 1.26. The van der Waals surface area contributed by atoms with Gasteiger partial charge in [0.05, 0.1) is 17.4 Å². The molecule has 1 rings (SSSR count). The van der Waals surface area contributed by atoms with Gasteiger partial charge in [0.15, 0.2) is 5.82 Å². The number of rotatable bonds is 1. The first-order valence-electron chi connectivity index (χ1n) is 2.91. The van der Waals surface area contributed by atoms with Crippen molar-refractivity contribution in [3.63, 3.8) is 0 Å². The fourth-order valence-electron chi connectivity index (χ4n) is 0.712. The number of hydrogen-bond donors (Lipinski definition) is 1. The van der Waals surface area contributed by atoms with Gasteiger partial charge in [-0.15, -0.1) is 0 Å². The lowest BCUT2D eigenvalue weighted by molar-refractivity contribution is 0.145. The number of alkyl halides is 2. The molecular weight excluding hydrogens is 176 g/mol. The maximum absolute atomic E-state index is 12.5. The first-order valence-corrected chi connectivity index (χ1v) is 2.91. The van der Waals surface area contributed by atoms with Gasteiger partial charge in [0.2, 0.25) is 5.95 Å². The molecule has 0 saturated carbocycles. The van der Waals surface area contributed by atoms with Crippen LogP contribution in [0.5, 0.6) is 0 Å². The first kappa shape index (κ1) is 8.76. The van der Waals surface area contributed by atoms with Gasteiger partial charge in [-0.05, 0) is 0 Å². The molecule has 0 bridgehead atoms. The Bertz CT molecular complexity index is 300. The van der Waals surface area contributed by atoms with Crippen LogP contribution in [0.15, 0.2) is 6.20 Å². The summed E-state index contributed by atoms with van der Waals surface area (Å²) in [5, 5.41) is 0. The average Bonchev–Trinajstić information content (AvgIpc) is 1.97. The molecular formula is C6H4F4N2. The summed E-state index contributed by atoms with van der Waals surface area (Å²) >= 11 is 0. The SMILES string of the molecule is Nc1cnc(F)c(F)c1C(F)F. The van der Waals surface area contributed by atoms with Crippen molar-refractivity contribution < 1.29 is 17.6 Å². The van der Waals surface area contributed by atoms with E-state index < -0.39 is 29.4 Å². The second kappa shape index (κ2) is 2.96. The summed E-state index contributed by atoms with van der Waals surface area (Å²) in [5.74, 6) is -3.26. The molecule has 0 unspecified atom stereocenters. The zero-order chi connectivity index (χ0) is 9.30. The Hall–Kier alpha value is -1.33. The van der Waals surface area contributed by atoms with Crippen LogP contribution in [0.3, 0.4) is 0 Å². The van der Waals surface area contributed by atoms with Crippen LogP contribution >= 0.6 is 0 Å². The smallest absolute Gasteiger partial charge is 0.268 e. The topological polar surface area (TPSA) is 38.9 Å². The Morgan fingerprint density at radius 1 is 1.33 bits per heavy atom. The van der Waals surface area contributed by atoms with E-state index in [2.05, 4.69) is 4.98 Å². The van der Waals surface area contributed by atoms with E-state index in [-0.39, 0.29) is 0 Å². The Kier molecular flexibility index (Phi) is 2.16. The largest absolute Gasteiger partial charge is 0.397 e. The second-order valence-corrected chi connectivity index (χ2v) is 2.03. The quantitative estimate of drug-likeness (QED) is 0.529. The van der Waals surface area contributed by atoms with Crippen LogP contribution in [0.2, 0.25) is 0 Å². The zero-order valence-corrected chi connectivity index (χ0v) is 5.69. The van der Waals surface area contributed by atoms with Crippen molar-refractivity contribution in [2.45, 2.75) is 6.43 Å². The highest BCUT2D eigenvalue weighted by atomic mass is 19.3. The van der Waals surface area contributed by atoms with Crippen LogP contribution in [-0.2, 0) is 0 Å². The molecule has 0 aliphatic heterocycles. The number of nitrogens with two attached hydrogens (primary N) is 1. The van der Waals surface area contributed by atoms with Gasteiger partial charge in [-0.3, -0.25) is 0 Å². The first-order chi connectivity index (χ1) is 5.54. The van der Waals surface area contributed by atoms with Gasteiger partial charge < -0.3 is 5.73 Å². The molecule has 0 saturated heterocycles. The molecule has 12 heavy (non-hydrogen) atoms. The van der Waals surface area contributed by atoms with Crippen molar-refractivity contribution in [3.05, 3.63) is 23.5 Å². The summed E-state index contributed by atoms with van der Waals surface area (Å²) in [6.07, 6.45) is -2.48. The molecule has 0 aliphatic rings. The van der Waals surface area contributed by atoms with Crippen molar-refractivity contribution >= 4 is 5.69 Å². The molecule has 1 heterocycles. The highest BCUT2D eigenvalue weighted by molar-refractivity contribution is 5.45. The molecule has 6 heteroatoms. The third-order valence-corrected chi connectivity index (χ3v) is 1.26. The zero-order valence-electron chi connectivity index (χ0n) is 5.69. The molecule has 0 radical (unpaired) electrons. The predicted molar refractivity (Wildman–Crippen MR) is 33.5 cm³/mol. The lowest BCUT2D eigenvalue weighted by Crippen LogP contribution is -2.03. The molecule has 1 aromatic rings. The van der Waals surface area contributed by atoms with Crippen LogP contribution in [-0.4, -0.2) is 4.98 Å². The van der Waals surface area contributed by atoms with Crippen LogP contribution in [0, 0.1) is 11.8 Å². The molecule has 0 atom stereocenters. The van der Waals surface area contributed by atoms with Gasteiger partial charge in [-0.1, -0.05) is 0 Å². The van der Waals surface area contributed by atoms with Crippen LogP contribution in [0.1, 0.15) is 12.0 Å². The molecule has 1 aromatic heterocycles. The normalized spacial score (nSPS) is 10.8. The summed E-state index contributed by atoms with van der Waals surface area (Å²) in [7, 11) is 0. The molecule has 0 aliphatic carbocycles. The number of anilines is 1. The van der Waals surface area contributed by atoms with Crippen molar-refractivity contribution in [1.29, 1.82) is 0 Å². The number of nitrogen functional groups attached to an aromatic ring is 1. The number of hydrogen-bond acceptors (Lipinski definition) is 2. The van der Waals surface area contributed by atoms with Crippen LogP contribution in [0.4, 0.5) is 23.2 Å². The Labute approximate surface area is 65.0 Å². The van der Waals surface area contributed by atoms with Crippen LogP contribution < -0.4 is 5.73 Å². The third kappa shape index (κ3) is 1.32. The number of aromatic nitrogens is 1. The van der Waals surface area contributed by atoms with E-state index in [9.17, 15) is 17.6 Å². The van der Waals surface area contributed by atoms with Crippen molar-refractivity contribution in [2.24, 2.45) is 0 Å². The fraction of sp³-hybridized carbons (Fsp3) is 0.167. The Morgan fingerprint density at radius 3 is 2.33 bits per heavy atom. The van der Waals surface area contributed by atoms with Crippen molar-refractivity contribution in [2.75, 3.05) is 5.73 Å². The van der Waals surface area contributed by atoms with E-state index in [4.69, 9.17) is 5.73 Å². The average molecular weight is 180 g/mol. The van der Waals surface area contributed by atoms with E-state index in [0.29, 0.717) is 6.20 Å². The van der Waals surface area contributed by atoms with Gasteiger partial charge in [0.25, 0.3) is 6.43 Å². The highest BCUT2D eigenvalue weighted by Crippen LogP contribution is 2.27. The fourth-order valence-corrected chi connectivity index (χ4v) is 0.712. The number of pyridine rings is 1. The van der Waals surface area contributed by atoms with E-state index in [0.717, 1.165) is 0 Å². The van der Waals surface area contributed by atoms with Crippen molar-refractivity contribution in [1.82, 2.24) is 4.98 Å². The second-order valence-electron chi connectivity index (χ2n) is 2.03. The minimum absolute atomic E-state index is 0.552. The van der Waals surface area contributed by atoms with Crippen molar-refractivity contribution in [3.8, 4) is 0 Å². The van der Waals surface area contributed by atoms with Crippen LogP contribution in [0.25, 0.3) is 0 Å². The molecule has 0 amide bonds. The highest BCUT2D eigenvalue weighted by Gasteiger charge is 2.20. The monoisotopic (exact) mass is 180 g/mol. The number of halogens is 4. The summed E-state index contributed by atoms with van der Waals surface area (Å²) < 4.78 is 48.7. The van der Waals surface area contributed by atoms with Gasteiger partial charge in [0, 0.05) is 0 Å². The lowest BCUT2D eigenvalue weighted by Gasteiger charge is -2.04. The molecule has 2 N–H and O–H groups in total. The minimum Gasteiger partial charge on any atom is -0.397 e. The molecule has 0 aromatic carbocycles. The lowest BCUT2D eigenvalue weighted by atomic mass is 10.2. The van der Waals surface area contributed by atoms with E-state index in [1.165, 1.54) is 0 Å². The van der Waals surface area contributed by atoms with E-state index in [1.54, 1.807) is 0 Å². The van der Waals surface area contributed by atoms with Gasteiger partial charge in [-0.2, -0.15) is 4.39 Å². The van der Waals surface area contributed by atoms with E-state index in [1.807, 2.05) is 0 Å². The van der Waals surface area contributed by atoms with Gasteiger partial charge in [0.1, 0.15) is 0 Å². The van der Waals surface area contributed by atoms with Gasteiger partial charge in [-0.25, -0.2) is 18.2 Å². The summed E-state index contributed by atoms with van der Waals surface area (Å²) in [6.45, 7) is 0. The Balaban J connectivity index is 3.33. The maximum atomic E-state index is 12.5. The molecule has 0 spiro atoms. The molecule has 2 nitrogen and oxygen atoms in total. The molecule has 0 fully saturated rings. The summed E-state index contributed by atoms with van der Waals surface area (Å²) in [4.78, 5) is 2.82. The maximum Gasteiger partial charge on any atom is 0.268 e. The summed E-state index contributed by atoms with van der Waals surface area (Å²) in [5.41, 5.74) is 3.25. The van der Waals surface area contributed by atoms with E-state index >= 15 is 0 Å². The summed E-state index contributed by atoms with van der Waals surface area (Å²) in [6, 6.07) is 0. The predicted octanol–water partition coefficient (Wildman–Crippen LogP) is 1.88. The van der Waals surface area contributed by atoms with Gasteiger partial charge >= 0.3 is 0 Å². The Morgan fingerprint density at radius 2 is 1.92 bits per heavy atom. The number of nitrogens with zero attached hydrogens (tertiary/aromatic N) is 1. The standard InChI is InChI=1S/C6H4F4N2/c7-4-3(5(8)9)2(11)1-12-6(4)10/h1,5H,11H2. The minimum atomic E-state index is -3.14.